The number of fused-ring (bicyclic) bond motifs is 1. The van der Waals surface area contributed by atoms with E-state index in [1.54, 1.807) is 11.6 Å². The summed E-state index contributed by atoms with van der Waals surface area (Å²) in [5, 5.41) is 12.4. The molecule has 20 heavy (non-hydrogen) atoms. The molecule has 2 aromatic heterocycles. The fraction of sp³-hybridized carbons (Fsp3) is 0.273. The first-order valence-electron chi connectivity index (χ1n) is 5.58. The number of hydrogen-bond acceptors (Lipinski definition) is 6. The number of rotatable bonds is 6. The Balaban J connectivity index is 1.88. The smallest absolute Gasteiger partial charge is 0.322 e. The second-order valence-corrected chi connectivity index (χ2v) is 5.66. The van der Waals surface area contributed by atoms with Crippen LogP contribution in [0.5, 0.6) is 0 Å². The Morgan fingerprint density at radius 1 is 1.50 bits per heavy atom. The highest BCUT2D eigenvalue weighted by molar-refractivity contribution is 7.99. The summed E-state index contributed by atoms with van der Waals surface area (Å²) in [5.74, 6) is -0.893. The SMILES string of the molecule is O=C(O)CNC(=O)CSCc1cc(=O)n2ccsc2n1. The maximum Gasteiger partial charge on any atom is 0.322 e. The van der Waals surface area contributed by atoms with Gasteiger partial charge in [-0.2, -0.15) is 0 Å². The van der Waals surface area contributed by atoms with Crippen molar-refractivity contribution in [3.8, 4) is 0 Å². The van der Waals surface area contributed by atoms with E-state index in [0.29, 0.717) is 16.4 Å². The van der Waals surface area contributed by atoms with Crippen molar-refractivity contribution in [3.63, 3.8) is 0 Å². The van der Waals surface area contributed by atoms with Gasteiger partial charge in [-0.1, -0.05) is 0 Å². The second kappa shape index (κ2) is 6.53. The summed E-state index contributed by atoms with van der Waals surface area (Å²) in [6.45, 7) is -0.389. The molecule has 0 bridgehead atoms. The first-order chi connectivity index (χ1) is 9.56. The van der Waals surface area contributed by atoms with Crippen LogP contribution in [0.2, 0.25) is 0 Å². The third kappa shape index (κ3) is 3.81. The number of thioether (sulfide) groups is 1. The van der Waals surface area contributed by atoms with Crippen LogP contribution < -0.4 is 10.9 Å². The van der Waals surface area contributed by atoms with E-state index >= 15 is 0 Å². The van der Waals surface area contributed by atoms with Gasteiger partial charge in [-0.05, 0) is 0 Å². The zero-order chi connectivity index (χ0) is 14.5. The van der Waals surface area contributed by atoms with Gasteiger partial charge < -0.3 is 10.4 Å². The number of amides is 1. The number of carbonyl (C=O) groups is 2. The Hall–Kier alpha value is -1.87. The van der Waals surface area contributed by atoms with Gasteiger partial charge in [0.05, 0.1) is 11.4 Å². The van der Waals surface area contributed by atoms with Gasteiger partial charge in [0.2, 0.25) is 5.91 Å². The van der Waals surface area contributed by atoms with Crippen LogP contribution in [0.15, 0.2) is 22.4 Å². The Labute approximate surface area is 121 Å². The molecule has 7 nitrogen and oxygen atoms in total. The molecule has 1 amide bonds. The highest BCUT2D eigenvalue weighted by Gasteiger charge is 2.06. The number of thiazole rings is 1. The number of aliphatic carboxylic acids is 1. The van der Waals surface area contributed by atoms with Crippen LogP contribution in [0.4, 0.5) is 0 Å². The molecule has 0 aliphatic carbocycles. The maximum atomic E-state index is 11.7. The summed E-state index contributed by atoms with van der Waals surface area (Å²) in [6, 6.07) is 1.43. The van der Waals surface area contributed by atoms with E-state index in [4.69, 9.17) is 5.11 Å². The van der Waals surface area contributed by atoms with Gasteiger partial charge in [-0.3, -0.25) is 18.8 Å². The molecule has 0 saturated carbocycles. The van der Waals surface area contributed by atoms with Crippen LogP contribution in [0.1, 0.15) is 5.69 Å². The first-order valence-corrected chi connectivity index (χ1v) is 7.62. The lowest BCUT2D eigenvalue weighted by Crippen LogP contribution is -2.30. The molecule has 2 heterocycles. The topological polar surface area (TPSA) is 101 Å². The molecule has 2 N–H and O–H groups in total. The maximum absolute atomic E-state index is 11.7. The standard InChI is InChI=1S/C11H11N3O4S2/c15-8(12-4-10(17)18)6-19-5-7-3-9(16)14-1-2-20-11(14)13-7/h1-3H,4-6H2,(H,12,15)(H,17,18). The molecule has 0 aliphatic heterocycles. The van der Waals surface area contributed by atoms with Gasteiger partial charge >= 0.3 is 5.97 Å². The van der Waals surface area contributed by atoms with Crippen molar-refractivity contribution >= 4 is 39.9 Å². The Bertz CT molecular complexity index is 694. The van der Waals surface area contributed by atoms with Crippen LogP contribution in [-0.4, -0.2) is 38.7 Å². The van der Waals surface area contributed by atoms with Crippen LogP contribution in [0.3, 0.4) is 0 Å². The van der Waals surface area contributed by atoms with E-state index in [1.165, 1.54) is 33.6 Å². The molecule has 0 fully saturated rings. The Morgan fingerprint density at radius 3 is 3.05 bits per heavy atom. The largest absolute Gasteiger partial charge is 0.480 e. The van der Waals surface area contributed by atoms with E-state index in [1.807, 2.05) is 0 Å². The van der Waals surface area contributed by atoms with E-state index in [2.05, 4.69) is 10.3 Å². The van der Waals surface area contributed by atoms with E-state index in [-0.39, 0.29) is 23.8 Å². The molecule has 106 valence electrons. The fourth-order valence-electron chi connectivity index (χ4n) is 1.44. The highest BCUT2D eigenvalue weighted by atomic mass is 32.2. The second-order valence-electron chi connectivity index (χ2n) is 3.80. The van der Waals surface area contributed by atoms with Crippen molar-refractivity contribution in [1.82, 2.24) is 14.7 Å². The minimum atomic E-state index is -1.08. The number of nitrogens with zero attached hydrogens (tertiary/aromatic N) is 2. The quantitative estimate of drug-likeness (QED) is 0.789. The number of carboxylic acid groups (broad SMARTS) is 1. The molecule has 0 unspecified atom stereocenters. The molecule has 9 heteroatoms. The van der Waals surface area contributed by atoms with Gasteiger partial charge in [-0.25, -0.2) is 4.98 Å². The molecule has 2 rings (SSSR count). The lowest BCUT2D eigenvalue weighted by Gasteiger charge is -2.02. The van der Waals surface area contributed by atoms with Crippen LogP contribution >= 0.6 is 23.1 Å². The number of hydrogen-bond donors (Lipinski definition) is 2. The van der Waals surface area contributed by atoms with Crippen LogP contribution in [-0.2, 0) is 15.3 Å². The molecule has 0 saturated heterocycles. The lowest BCUT2D eigenvalue weighted by atomic mass is 10.4. The number of aromatic nitrogens is 2. The van der Waals surface area contributed by atoms with Crippen molar-refractivity contribution in [2.45, 2.75) is 5.75 Å². The van der Waals surface area contributed by atoms with Crippen molar-refractivity contribution in [2.75, 3.05) is 12.3 Å². The molecule has 0 spiro atoms. The number of nitrogens with one attached hydrogen (secondary N) is 1. The predicted octanol–water partition coefficient (Wildman–Crippen LogP) is 0.190. The number of carbonyl (C=O) groups excluding carboxylic acids is 1. The Kier molecular flexibility index (Phi) is 4.74. The van der Waals surface area contributed by atoms with E-state index < -0.39 is 5.97 Å². The third-order valence-corrected chi connectivity index (χ3v) is 4.00. The molecular formula is C11H11N3O4S2. The van der Waals surface area contributed by atoms with Gasteiger partial charge in [-0.15, -0.1) is 23.1 Å². The van der Waals surface area contributed by atoms with Crippen molar-refractivity contribution in [1.29, 1.82) is 0 Å². The summed E-state index contributed by atoms with van der Waals surface area (Å²) < 4.78 is 1.46. The van der Waals surface area contributed by atoms with Crippen molar-refractivity contribution in [3.05, 3.63) is 33.7 Å². The molecule has 2 aromatic rings. The fourth-order valence-corrected chi connectivity index (χ4v) is 2.92. The van der Waals surface area contributed by atoms with Gasteiger partial charge in [0, 0.05) is 23.4 Å². The van der Waals surface area contributed by atoms with Crippen LogP contribution in [0, 0.1) is 0 Å². The zero-order valence-electron chi connectivity index (χ0n) is 10.2. The van der Waals surface area contributed by atoms with Crippen LogP contribution in [0.25, 0.3) is 4.96 Å². The lowest BCUT2D eigenvalue weighted by molar-refractivity contribution is -0.137. The summed E-state index contributed by atoms with van der Waals surface area (Å²) in [5.41, 5.74) is 0.454. The summed E-state index contributed by atoms with van der Waals surface area (Å²) >= 11 is 2.64. The molecule has 0 aliphatic rings. The monoisotopic (exact) mass is 313 g/mol. The minimum absolute atomic E-state index is 0.124. The summed E-state index contributed by atoms with van der Waals surface area (Å²) in [6.07, 6.45) is 1.66. The average molecular weight is 313 g/mol. The summed E-state index contributed by atoms with van der Waals surface area (Å²) in [4.78, 5) is 38.2. The normalized spacial score (nSPS) is 10.6. The third-order valence-electron chi connectivity index (χ3n) is 2.28. The first kappa shape index (κ1) is 14.5. The molecule has 0 radical (unpaired) electrons. The zero-order valence-corrected chi connectivity index (χ0v) is 11.9. The van der Waals surface area contributed by atoms with Gasteiger partial charge in [0.15, 0.2) is 4.96 Å². The van der Waals surface area contributed by atoms with Crippen molar-refractivity contribution < 1.29 is 14.7 Å². The van der Waals surface area contributed by atoms with E-state index in [0.717, 1.165) is 0 Å². The minimum Gasteiger partial charge on any atom is -0.480 e. The molecule has 0 aromatic carbocycles. The van der Waals surface area contributed by atoms with Gasteiger partial charge in [0.25, 0.3) is 5.56 Å². The van der Waals surface area contributed by atoms with E-state index in [9.17, 15) is 14.4 Å². The highest BCUT2D eigenvalue weighted by Crippen LogP contribution is 2.12. The summed E-state index contributed by atoms with van der Waals surface area (Å²) in [7, 11) is 0. The molecular weight excluding hydrogens is 302 g/mol. The number of carboxylic acids is 1. The Morgan fingerprint density at radius 2 is 2.30 bits per heavy atom. The van der Waals surface area contributed by atoms with Gasteiger partial charge in [0.1, 0.15) is 6.54 Å². The molecule has 0 atom stereocenters. The predicted molar refractivity (Wildman–Crippen MR) is 76.1 cm³/mol. The average Bonchev–Trinajstić information content (AvgIpc) is 2.85. The van der Waals surface area contributed by atoms with Crippen molar-refractivity contribution in [2.24, 2.45) is 0 Å².